The van der Waals surface area contributed by atoms with Crippen LogP contribution in [0.15, 0.2) is 42.5 Å². The van der Waals surface area contributed by atoms with E-state index in [0.29, 0.717) is 24.1 Å². The van der Waals surface area contributed by atoms with Crippen molar-refractivity contribution in [1.82, 2.24) is 0 Å². The first-order valence-corrected chi connectivity index (χ1v) is 9.58. The molecule has 1 aliphatic heterocycles. The standard InChI is InChI=1S/C23H26F3NO2/c1-21(2)13-16-11-17(23(24,25)26)8-9-18(16)27-19(21)15-7-5-6-14(10-15)12-22(3,4)20(28)29/h5-11,19,27H,12-13H2,1-4H3,(H,28,29). The Kier molecular flexibility index (Phi) is 5.18. The first-order chi connectivity index (χ1) is 13.3. The molecular weight excluding hydrogens is 379 g/mol. The van der Waals surface area contributed by atoms with E-state index in [1.807, 2.05) is 38.1 Å². The Morgan fingerprint density at radius 2 is 1.86 bits per heavy atom. The summed E-state index contributed by atoms with van der Waals surface area (Å²) in [6, 6.07) is 11.5. The highest BCUT2D eigenvalue weighted by molar-refractivity contribution is 5.74. The van der Waals surface area contributed by atoms with Crippen molar-refractivity contribution in [3.8, 4) is 0 Å². The summed E-state index contributed by atoms with van der Waals surface area (Å²) in [5.41, 5.74) is 1.45. The maximum absolute atomic E-state index is 13.1. The molecule has 29 heavy (non-hydrogen) atoms. The smallest absolute Gasteiger partial charge is 0.416 e. The number of benzene rings is 2. The summed E-state index contributed by atoms with van der Waals surface area (Å²) in [6.45, 7) is 7.45. The SMILES string of the molecule is CC(C)(Cc1cccc(C2Nc3ccc(C(F)(F)F)cc3CC2(C)C)c1)C(=O)O. The minimum absolute atomic E-state index is 0.0976. The van der Waals surface area contributed by atoms with E-state index < -0.39 is 23.1 Å². The van der Waals surface area contributed by atoms with E-state index in [2.05, 4.69) is 5.32 Å². The van der Waals surface area contributed by atoms with E-state index in [0.717, 1.165) is 17.2 Å². The molecule has 2 aromatic rings. The van der Waals surface area contributed by atoms with Gasteiger partial charge in [0.15, 0.2) is 0 Å². The van der Waals surface area contributed by atoms with Crippen molar-refractivity contribution < 1.29 is 23.1 Å². The summed E-state index contributed by atoms with van der Waals surface area (Å²) in [6.07, 6.45) is -3.45. The summed E-state index contributed by atoms with van der Waals surface area (Å²) in [7, 11) is 0. The number of hydrogen-bond acceptors (Lipinski definition) is 2. The van der Waals surface area contributed by atoms with Gasteiger partial charge >= 0.3 is 12.1 Å². The van der Waals surface area contributed by atoms with Gasteiger partial charge in [-0.25, -0.2) is 0 Å². The van der Waals surface area contributed by atoms with Gasteiger partial charge in [0.1, 0.15) is 0 Å². The number of halogens is 3. The fourth-order valence-electron chi connectivity index (χ4n) is 4.00. The zero-order valence-corrected chi connectivity index (χ0v) is 17.0. The van der Waals surface area contributed by atoms with Crippen LogP contribution in [0.2, 0.25) is 0 Å². The van der Waals surface area contributed by atoms with Crippen LogP contribution in [0.25, 0.3) is 0 Å². The number of nitrogens with one attached hydrogen (secondary N) is 1. The van der Waals surface area contributed by atoms with Crippen molar-refractivity contribution in [2.45, 2.75) is 52.8 Å². The van der Waals surface area contributed by atoms with E-state index in [1.165, 1.54) is 12.1 Å². The lowest BCUT2D eigenvalue weighted by Gasteiger charge is -2.41. The van der Waals surface area contributed by atoms with E-state index in [1.54, 1.807) is 13.8 Å². The fourth-order valence-corrected chi connectivity index (χ4v) is 4.00. The van der Waals surface area contributed by atoms with Gasteiger partial charge in [0, 0.05) is 5.69 Å². The van der Waals surface area contributed by atoms with E-state index in [-0.39, 0.29) is 11.5 Å². The number of hydrogen-bond donors (Lipinski definition) is 2. The second kappa shape index (κ2) is 7.08. The molecule has 0 saturated carbocycles. The number of carboxylic acid groups (broad SMARTS) is 1. The van der Waals surface area contributed by atoms with Crippen LogP contribution in [0.1, 0.15) is 56.0 Å². The molecule has 0 fully saturated rings. The third kappa shape index (κ3) is 4.41. The van der Waals surface area contributed by atoms with Gasteiger partial charge in [0.25, 0.3) is 0 Å². The zero-order chi connectivity index (χ0) is 21.6. The Labute approximate surface area is 168 Å². The van der Waals surface area contributed by atoms with Crippen LogP contribution in [-0.4, -0.2) is 11.1 Å². The largest absolute Gasteiger partial charge is 0.481 e. The van der Waals surface area contributed by atoms with Crippen LogP contribution >= 0.6 is 0 Å². The third-order valence-electron chi connectivity index (χ3n) is 5.67. The molecule has 0 saturated heterocycles. The molecule has 6 heteroatoms. The normalized spacial score (nSPS) is 18.7. The molecule has 0 spiro atoms. The molecule has 1 heterocycles. The van der Waals surface area contributed by atoms with Gasteiger partial charge in [0.05, 0.1) is 17.0 Å². The Balaban J connectivity index is 1.92. The van der Waals surface area contributed by atoms with Gasteiger partial charge in [-0.15, -0.1) is 0 Å². The lowest BCUT2D eigenvalue weighted by Crippen LogP contribution is -2.35. The predicted octanol–water partition coefficient (Wildman–Crippen LogP) is 6.09. The van der Waals surface area contributed by atoms with E-state index in [4.69, 9.17) is 0 Å². The summed E-state index contributed by atoms with van der Waals surface area (Å²) < 4.78 is 39.2. The Morgan fingerprint density at radius 3 is 2.48 bits per heavy atom. The molecule has 0 amide bonds. The molecule has 2 aromatic carbocycles. The number of rotatable bonds is 4. The van der Waals surface area contributed by atoms with Gasteiger partial charge < -0.3 is 10.4 Å². The second-order valence-electron chi connectivity index (χ2n) is 9.22. The highest BCUT2D eigenvalue weighted by Crippen LogP contribution is 2.46. The number of anilines is 1. The molecule has 0 aromatic heterocycles. The molecule has 0 radical (unpaired) electrons. The van der Waals surface area contributed by atoms with Crippen LogP contribution in [0.5, 0.6) is 0 Å². The Hall–Kier alpha value is -2.50. The van der Waals surface area contributed by atoms with Gasteiger partial charge in [-0.3, -0.25) is 4.79 Å². The molecular formula is C23H26F3NO2. The van der Waals surface area contributed by atoms with Crippen molar-refractivity contribution in [1.29, 1.82) is 0 Å². The zero-order valence-electron chi connectivity index (χ0n) is 17.0. The minimum atomic E-state index is -4.36. The molecule has 156 valence electrons. The predicted molar refractivity (Wildman–Crippen MR) is 107 cm³/mol. The number of carboxylic acids is 1. The topological polar surface area (TPSA) is 49.3 Å². The minimum Gasteiger partial charge on any atom is -0.481 e. The summed E-state index contributed by atoms with van der Waals surface area (Å²) in [4.78, 5) is 11.5. The van der Waals surface area contributed by atoms with Gasteiger partial charge in [-0.05, 0) is 67.0 Å². The van der Waals surface area contributed by atoms with Crippen LogP contribution in [0.3, 0.4) is 0 Å². The van der Waals surface area contributed by atoms with Crippen LogP contribution in [-0.2, 0) is 23.8 Å². The molecule has 1 unspecified atom stereocenters. The molecule has 0 bridgehead atoms. The van der Waals surface area contributed by atoms with E-state index >= 15 is 0 Å². The molecule has 0 aliphatic carbocycles. The summed E-state index contributed by atoms with van der Waals surface area (Å²) in [5.74, 6) is -0.853. The second-order valence-corrected chi connectivity index (χ2v) is 9.22. The van der Waals surface area contributed by atoms with Crippen molar-refractivity contribution in [3.63, 3.8) is 0 Å². The molecule has 1 aliphatic rings. The fraction of sp³-hybridized carbons (Fsp3) is 0.435. The quantitative estimate of drug-likeness (QED) is 0.647. The highest BCUT2D eigenvalue weighted by Gasteiger charge is 2.38. The molecule has 3 nitrogen and oxygen atoms in total. The maximum Gasteiger partial charge on any atom is 0.416 e. The first-order valence-electron chi connectivity index (χ1n) is 9.58. The van der Waals surface area contributed by atoms with Crippen molar-refractivity contribution in [2.75, 3.05) is 5.32 Å². The van der Waals surface area contributed by atoms with Crippen molar-refractivity contribution in [2.24, 2.45) is 10.8 Å². The van der Waals surface area contributed by atoms with Crippen molar-refractivity contribution >= 4 is 11.7 Å². The van der Waals surface area contributed by atoms with Crippen LogP contribution in [0.4, 0.5) is 18.9 Å². The Morgan fingerprint density at radius 1 is 1.17 bits per heavy atom. The van der Waals surface area contributed by atoms with Gasteiger partial charge in [0.2, 0.25) is 0 Å². The summed E-state index contributed by atoms with van der Waals surface area (Å²) >= 11 is 0. The maximum atomic E-state index is 13.1. The summed E-state index contributed by atoms with van der Waals surface area (Å²) in [5, 5.41) is 12.8. The van der Waals surface area contributed by atoms with E-state index in [9.17, 15) is 23.1 Å². The monoisotopic (exact) mass is 405 g/mol. The molecule has 1 atom stereocenters. The molecule has 3 rings (SSSR count). The number of alkyl halides is 3. The lowest BCUT2D eigenvalue weighted by molar-refractivity contribution is -0.146. The third-order valence-corrected chi connectivity index (χ3v) is 5.67. The average Bonchev–Trinajstić information content (AvgIpc) is 2.58. The van der Waals surface area contributed by atoms with Crippen LogP contribution in [0, 0.1) is 10.8 Å². The lowest BCUT2D eigenvalue weighted by atomic mass is 9.72. The average molecular weight is 405 g/mol. The first kappa shape index (κ1) is 21.2. The van der Waals surface area contributed by atoms with Crippen LogP contribution < -0.4 is 5.32 Å². The Bertz CT molecular complexity index is 932. The number of fused-ring (bicyclic) bond motifs is 1. The van der Waals surface area contributed by atoms with Crippen molar-refractivity contribution in [3.05, 3.63) is 64.7 Å². The van der Waals surface area contributed by atoms with Gasteiger partial charge in [-0.2, -0.15) is 13.2 Å². The molecule has 2 N–H and O–H groups in total. The van der Waals surface area contributed by atoms with Gasteiger partial charge in [-0.1, -0.05) is 38.1 Å². The number of aliphatic carboxylic acids is 1. The number of carbonyl (C=O) groups is 1. The highest BCUT2D eigenvalue weighted by atomic mass is 19.4.